The molecular weight excluding hydrogens is 434 g/mol. The summed E-state index contributed by atoms with van der Waals surface area (Å²) in [6, 6.07) is 8.33. The van der Waals surface area contributed by atoms with Gasteiger partial charge in [-0.1, -0.05) is 6.07 Å². The molecule has 1 aromatic heterocycles. The lowest BCUT2D eigenvalue weighted by Crippen LogP contribution is -2.34. The average molecular weight is 456 g/mol. The van der Waals surface area contributed by atoms with Gasteiger partial charge >= 0.3 is 0 Å². The molecule has 0 radical (unpaired) electrons. The second-order valence-electron chi connectivity index (χ2n) is 7.69. The summed E-state index contributed by atoms with van der Waals surface area (Å²) in [6.45, 7) is 1.81. The summed E-state index contributed by atoms with van der Waals surface area (Å²) in [5.41, 5.74) is 2.05. The molecule has 1 aromatic carbocycles. The monoisotopic (exact) mass is 455 g/mol. The number of amidine groups is 1. The van der Waals surface area contributed by atoms with Crippen molar-refractivity contribution in [2.45, 2.75) is 37.8 Å². The first-order chi connectivity index (χ1) is 14.7. The number of hydrogen-bond donors (Lipinski definition) is 2. The lowest BCUT2D eigenvalue weighted by Gasteiger charge is -2.25. The number of carbonyl (C=O) groups is 1. The van der Waals surface area contributed by atoms with Crippen LogP contribution in [0.4, 0.5) is 0 Å². The quantitative estimate of drug-likeness (QED) is 0.685. The normalized spacial score (nSPS) is 21.7. The van der Waals surface area contributed by atoms with Crippen molar-refractivity contribution in [3.8, 4) is 11.8 Å². The van der Waals surface area contributed by atoms with Gasteiger partial charge in [-0.15, -0.1) is 12.4 Å². The lowest BCUT2D eigenvalue weighted by molar-refractivity contribution is -0.115. The van der Waals surface area contributed by atoms with E-state index in [0.29, 0.717) is 27.4 Å². The van der Waals surface area contributed by atoms with Crippen molar-refractivity contribution < 1.29 is 9.53 Å². The standard InChI is InChI=1S/C22H21N5O2S.ClH/c23-11-14-12-25-18-4-1-13(9-17(18)20(14)29-16-5-7-24-8-6-16)10-19-21(28)27-22(30-19)26-15-2-3-15;/h1,4,9-10,12,15-16,24H,2-3,5-8H2,(H,26,27,28);1H. The molecule has 0 unspecified atom stereocenters. The zero-order valence-electron chi connectivity index (χ0n) is 16.8. The van der Waals surface area contributed by atoms with Gasteiger partial charge in [-0.05, 0) is 74.3 Å². The van der Waals surface area contributed by atoms with E-state index in [0.717, 1.165) is 55.2 Å². The third kappa shape index (κ3) is 4.85. The number of carbonyl (C=O) groups excluding carboxylic acids is 1. The smallest absolute Gasteiger partial charge is 0.264 e. The average Bonchev–Trinajstić information content (AvgIpc) is 3.51. The van der Waals surface area contributed by atoms with Crippen molar-refractivity contribution in [2.24, 2.45) is 4.99 Å². The second kappa shape index (κ2) is 9.27. The van der Waals surface area contributed by atoms with E-state index in [4.69, 9.17) is 4.74 Å². The van der Waals surface area contributed by atoms with Crippen LogP contribution in [0.25, 0.3) is 17.0 Å². The van der Waals surface area contributed by atoms with Crippen LogP contribution in [-0.4, -0.2) is 41.3 Å². The van der Waals surface area contributed by atoms with Gasteiger partial charge in [-0.3, -0.25) is 14.8 Å². The third-order valence-corrected chi connectivity index (χ3v) is 6.25. The van der Waals surface area contributed by atoms with E-state index in [9.17, 15) is 10.1 Å². The number of nitriles is 1. The number of hydrogen-bond acceptors (Lipinski definition) is 7. The molecule has 2 N–H and O–H groups in total. The van der Waals surface area contributed by atoms with Gasteiger partial charge in [0.1, 0.15) is 23.5 Å². The van der Waals surface area contributed by atoms with Gasteiger partial charge in [0, 0.05) is 11.6 Å². The largest absolute Gasteiger partial charge is 0.488 e. The van der Waals surface area contributed by atoms with Crippen LogP contribution >= 0.6 is 24.2 Å². The second-order valence-corrected chi connectivity index (χ2v) is 8.72. The summed E-state index contributed by atoms with van der Waals surface area (Å²) in [5, 5.41) is 17.2. The molecule has 1 aliphatic carbocycles. The fraction of sp³-hybridized carbons (Fsp3) is 0.364. The van der Waals surface area contributed by atoms with Crippen molar-refractivity contribution in [2.75, 3.05) is 13.1 Å². The lowest BCUT2D eigenvalue weighted by atomic mass is 10.1. The molecule has 0 bridgehead atoms. The summed E-state index contributed by atoms with van der Waals surface area (Å²) < 4.78 is 6.28. The maximum absolute atomic E-state index is 12.3. The number of nitrogens with zero attached hydrogens (tertiary/aromatic N) is 3. The van der Waals surface area contributed by atoms with E-state index < -0.39 is 0 Å². The molecule has 9 heteroatoms. The predicted octanol–water partition coefficient (Wildman–Crippen LogP) is 3.38. The molecule has 5 rings (SSSR count). The van der Waals surface area contributed by atoms with E-state index in [2.05, 4.69) is 26.7 Å². The van der Waals surface area contributed by atoms with Crippen LogP contribution < -0.4 is 15.4 Å². The van der Waals surface area contributed by atoms with Crippen molar-refractivity contribution in [1.82, 2.24) is 15.6 Å². The molecule has 1 saturated carbocycles. The maximum Gasteiger partial charge on any atom is 0.264 e. The van der Waals surface area contributed by atoms with Crippen molar-refractivity contribution in [3.05, 3.63) is 40.4 Å². The zero-order chi connectivity index (χ0) is 20.5. The highest BCUT2D eigenvalue weighted by molar-refractivity contribution is 8.18. The molecular formula is C22H22ClN5O2S. The molecule has 3 aliphatic rings. The molecule has 3 fully saturated rings. The number of benzene rings is 1. The highest BCUT2D eigenvalue weighted by atomic mass is 35.5. The van der Waals surface area contributed by atoms with Crippen LogP contribution in [0.1, 0.15) is 36.8 Å². The number of halogens is 1. The van der Waals surface area contributed by atoms with Crippen LogP contribution in [0, 0.1) is 11.3 Å². The van der Waals surface area contributed by atoms with Crippen LogP contribution in [0.15, 0.2) is 34.3 Å². The van der Waals surface area contributed by atoms with Crippen molar-refractivity contribution in [3.63, 3.8) is 0 Å². The summed E-state index contributed by atoms with van der Waals surface area (Å²) in [7, 11) is 0. The molecule has 3 heterocycles. The third-order valence-electron chi connectivity index (χ3n) is 5.33. The van der Waals surface area contributed by atoms with Crippen LogP contribution in [0.2, 0.25) is 0 Å². The Kier molecular flexibility index (Phi) is 6.46. The van der Waals surface area contributed by atoms with Gasteiger partial charge in [-0.25, -0.2) is 0 Å². The molecule has 1 amide bonds. The number of piperidine rings is 1. The van der Waals surface area contributed by atoms with E-state index in [-0.39, 0.29) is 24.4 Å². The number of fused-ring (bicyclic) bond motifs is 1. The first-order valence-corrected chi connectivity index (χ1v) is 11.0. The van der Waals surface area contributed by atoms with Gasteiger partial charge in [0.05, 0.1) is 16.5 Å². The number of thioether (sulfide) groups is 1. The molecule has 7 nitrogen and oxygen atoms in total. The van der Waals surface area contributed by atoms with Crippen LogP contribution in [0.5, 0.6) is 5.75 Å². The fourth-order valence-electron chi connectivity index (χ4n) is 3.57. The molecule has 2 aromatic rings. The first kappa shape index (κ1) is 21.6. The maximum atomic E-state index is 12.3. The van der Waals surface area contributed by atoms with Crippen molar-refractivity contribution in [1.29, 1.82) is 5.26 Å². The van der Waals surface area contributed by atoms with Crippen LogP contribution in [-0.2, 0) is 4.79 Å². The zero-order valence-corrected chi connectivity index (χ0v) is 18.4. The minimum absolute atomic E-state index is 0. The summed E-state index contributed by atoms with van der Waals surface area (Å²) in [4.78, 5) is 21.9. The summed E-state index contributed by atoms with van der Waals surface area (Å²) in [6.07, 6.45) is 7.48. The van der Waals surface area contributed by atoms with Gasteiger partial charge in [0.25, 0.3) is 5.91 Å². The Labute approximate surface area is 190 Å². The van der Waals surface area contributed by atoms with E-state index in [1.165, 1.54) is 11.8 Å². The highest BCUT2D eigenvalue weighted by Crippen LogP contribution is 2.34. The minimum Gasteiger partial charge on any atom is -0.488 e. The summed E-state index contributed by atoms with van der Waals surface area (Å²) >= 11 is 1.37. The number of aromatic nitrogens is 1. The number of ether oxygens (including phenoxy) is 1. The number of rotatable bonds is 4. The molecule has 2 saturated heterocycles. The van der Waals surface area contributed by atoms with Gasteiger partial charge in [0.2, 0.25) is 0 Å². The van der Waals surface area contributed by atoms with E-state index in [1.807, 2.05) is 24.3 Å². The predicted molar refractivity (Wildman–Crippen MR) is 124 cm³/mol. The van der Waals surface area contributed by atoms with Gasteiger partial charge in [0.15, 0.2) is 5.17 Å². The Hall–Kier alpha value is -2.60. The number of amides is 1. The highest BCUT2D eigenvalue weighted by Gasteiger charge is 2.28. The SMILES string of the molecule is Cl.N#Cc1cnc2ccc(C=C3SC(=NC4CC4)NC3=O)cc2c1OC1CCNCC1. The number of aliphatic imine (C=N–C) groups is 1. The Bertz CT molecular complexity index is 1120. The number of nitrogens with one attached hydrogen (secondary N) is 2. The van der Waals surface area contributed by atoms with E-state index in [1.54, 1.807) is 6.20 Å². The summed E-state index contributed by atoms with van der Waals surface area (Å²) in [5.74, 6) is 0.448. The Morgan fingerprint density at radius 1 is 1.26 bits per heavy atom. The molecule has 0 spiro atoms. The van der Waals surface area contributed by atoms with Crippen molar-refractivity contribution >= 4 is 52.2 Å². The molecule has 2 aliphatic heterocycles. The fourth-order valence-corrected chi connectivity index (χ4v) is 4.46. The molecule has 31 heavy (non-hydrogen) atoms. The van der Waals surface area contributed by atoms with E-state index >= 15 is 0 Å². The Balaban J connectivity index is 0.00000231. The van der Waals surface area contributed by atoms with Gasteiger partial charge in [-0.2, -0.15) is 5.26 Å². The van der Waals surface area contributed by atoms with Crippen LogP contribution in [0.3, 0.4) is 0 Å². The minimum atomic E-state index is -0.130. The molecule has 160 valence electrons. The van der Waals surface area contributed by atoms with Gasteiger partial charge < -0.3 is 15.4 Å². The Morgan fingerprint density at radius 3 is 2.81 bits per heavy atom. The number of pyridine rings is 1. The Morgan fingerprint density at radius 2 is 2.06 bits per heavy atom. The first-order valence-electron chi connectivity index (χ1n) is 10.2. The topological polar surface area (TPSA) is 99.4 Å². The molecule has 0 atom stereocenters.